The first-order valence-electron chi connectivity index (χ1n) is 8.66. The Balaban J connectivity index is 1.59. The van der Waals surface area contributed by atoms with Crippen LogP contribution in [-0.4, -0.2) is 29.3 Å². The summed E-state index contributed by atoms with van der Waals surface area (Å²) < 4.78 is 10.5. The molecule has 0 atom stereocenters. The summed E-state index contributed by atoms with van der Waals surface area (Å²) in [5, 5.41) is 3.95. The highest BCUT2D eigenvalue weighted by Gasteiger charge is 2.08. The van der Waals surface area contributed by atoms with Gasteiger partial charge in [-0.05, 0) is 55.1 Å². The van der Waals surface area contributed by atoms with E-state index >= 15 is 0 Å². The molecule has 0 aliphatic carbocycles. The highest BCUT2D eigenvalue weighted by Crippen LogP contribution is 2.21. The number of benzene rings is 2. The summed E-state index contributed by atoms with van der Waals surface area (Å²) in [5.41, 5.74) is 2.61. The van der Waals surface area contributed by atoms with Crippen molar-refractivity contribution in [3.8, 4) is 11.5 Å². The number of anilines is 2. The van der Waals surface area contributed by atoms with E-state index in [1.165, 1.54) is 11.8 Å². The topological polar surface area (TPSA) is 73.3 Å². The molecule has 0 aliphatic rings. The van der Waals surface area contributed by atoms with Gasteiger partial charge < -0.3 is 14.8 Å². The number of esters is 1. The van der Waals surface area contributed by atoms with Gasteiger partial charge in [0.1, 0.15) is 17.3 Å². The summed E-state index contributed by atoms with van der Waals surface area (Å²) in [7, 11) is 1.61. The second kappa shape index (κ2) is 9.23. The molecule has 0 radical (unpaired) electrons. The normalized spacial score (nSPS) is 10.4. The van der Waals surface area contributed by atoms with Gasteiger partial charge in [0.2, 0.25) is 0 Å². The summed E-state index contributed by atoms with van der Waals surface area (Å²) in [4.78, 5) is 20.9. The van der Waals surface area contributed by atoms with Gasteiger partial charge in [-0.15, -0.1) is 0 Å². The van der Waals surface area contributed by atoms with Crippen molar-refractivity contribution in [2.45, 2.75) is 18.5 Å². The van der Waals surface area contributed by atoms with E-state index in [-0.39, 0.29) is 12.4 Å². The molecule has 0 fully saturated rings. The molecule has 1 aromatic heterocycles. The van der Waals surface area contributed by atoms with Crippen molar-refractivity contribution in [2.24, 2.45) is 0 Å². The molecule has 0 spiro atoms. The maximum absolute atomic E-state index is 12.1. The van der Waals surface area contributed by atoms with Crippen LogP contribution in [0.15, 0.2) is 59.8 Å². The predicted octanol–water partition coefficient (Wildman–Crippen LogP) is 4.41. The number of nitrogens with zero attached hydrogens (tertiary/aromatic N) is 2. The van der Waals surface area contributed by atoms with Crippen LogP contribution >= 0.6 is 11.8 Å². The molecule has 6 nitrogen and oxygen atoms in total. The first-order chi connectivity index (χ1) is 13.6. The maximum Gasteiger partial charge on any atom is 0.315 e. The molecule has 144 valence electrons. The number of methoxy groups -OCH3 is 1. The van der Waals surface area contributed by atoms with Gasteiger partial charge in [0.15, 0.2) is 5.16 Å². The van der Waals surface area contributed by atoms with Crippen LogP contribution in [-0.2, 0) is 11.2 Å². The van der Waals surface area contributed by atoms with E-state index in [0.717, 1.165) is 28.5 Å². The lowest BCUT2D eigenvalue weighted by Gasteiger charge is -2.09. The lowest BCUT2D eigenvalue weighted by atomic mass is 10.1. The Bertz CT molecular complexity index is 944. The second-order valence-electron chi connectivity index (χ2n) is 6.03. The molecule has 0 unspecified atom stereocenters. The Labute approximate surface area is 168 Å². The molecular weight excluding hydrogens is 374 g/mol. The third kappa shape index (κ3) is 5.47. The number of carbonyl (C=O) groups excluding carboxylic acids is 1. The van der Waals surface area contributed by atoms with Crippen LogP contribution in [0, 0.1) is 6.92 Å². The highest BCUT2D eigenvalue weighted by molar-refractivity contribution is 7.98. The number of rotatable bonds is 7. The standard InChI is InChI=1S/C21H21N3O3S/c1-14-12-19(24-21(22-14)28-3)23-16-6-10-18(11-7-16)27-20(25)13-15-4-8-17(26-2)9-5-15/h4-12H,13H2,1-3H3,(H,22,23,24). The molecule has 1 heterocycles. The van der Waals surface area contributed by atoms with Crippen LogP contribution in [0.4, 0.5) is 11.5 Å². The van der Waals surface area contributed by atoms with Crippen molar-refractivity contribution >= 4 is 29.2 Å². The van der Waals surface area contributed by atoms with Gasteiger partial charge in [0.25, 0.3) is 0 Å². The molecule has 3 aromatic rings. The summed E-state index contributed by atoms with van der Waals surface area (Å²) in [6.45, 7) is 1.93. The zero-order valence-corrected chi connectivity index (χ0v) is 16.7. The molecular formula is C21H21N3O3S. The maximum atomic E-state index is 12.1. The van der Waals surface area contributed by atoms with Crippen molar-refractivity contribution in [3.05, 3.63) is 65.9 Å². The number of nitrogens with one attached hydrogen (secondary N) is 1. The van der Waals surface area contributed by atoms with Crippen LogP contribution < -0.4 is 14.8 Å². The summed E-state index contributed by atoms with van der Waals surface area (Å²) in [6, 6.07) is 16.4. The van der Waals surface area contributed by atoms with Gasteiger partial charge in [-0.3, -0.25) is 4.79 Å². The fourth-order valence-corrected chi connectivity index (χ4v) is 2.95. The van der Waals surface area contributed by atoms with Gasteiger partial charge in [-0.25, -0.2) is 9.97 Å². The van der Waals surface area contributed by atoms with E-state index in [2.05, 4.69) is 15.3 Å². The average Bonchev–Trinajstić information content (AvgIpc) is 2.69. The number of aryl methyl sites for hydroxylation is 1. The van der Waals surface area contributed by atoms with Crippen LogP contribution in [0.5, 0.6) is 11.5 Å². The van der Waals surface area contributed by atoms with E-state index in [1.54, 1.807) is 19.2 Å². The van der Waals surface area contributed by atoms with Gasteiger partial charge >= 0.3 is 5.97 Å². The van der Waals surface area contributed by atoms with E-state index < -0.39 is 0 Å². The fourth-order valence-electron chi connectivity index (χ4n) is 2.53. The number of aromatic nitrogens is 2. The molecule has 0 bridgehead atoms. The first kappa shape index (κ1) is 19.7. The Morgan fingerprint density at radius 3 is 2.36 bits per heavy atom. The SMILES string of the molecule is COc1ccc(CC(=O)Oc2ccc(Nc3cc(C)nc(SC)n3)cc2)cc1. The van der Waals surface area contributed by atoms with Crippen LogP contribution in [0.2, 0.25) is 0 Å². The van der Waals surface area contributed by atoms with Crippen molar-refractivity contribution in [1.82, 2.24) is 9.97 Å². The Morgan fingerprint density at radius 1 is 1.04 bits per heavy atom. The third-order valence-electron chi connectivity index (χ3n) is 3.88. The lowest BCUT2D eigenvalue weighted by Crippen LogP contribution is -2.11. The van der Waals surface area contributed by atoms with Gasteiger partial charge in [-0.2, -0.15) is 0 Å². The number of hydrogen-bond acceptors (Lipinski definition) is 7. The Morgan fingerprint density at radius 2 is 1.71 bits per heavy atom. The van der Waals surface area contributed by atoms with Crippen molar-refractivity contribution in [1.29, 1.82) is 0 Å². The summed E-state index contributed by atoms with van der Waals surface area (Å²) >= 11 is 1.49. The smallest absolute Gasteiger partial charge is 0.315 e. The monoisotopic (exact) mass is 395 g/mol. The van der Waals surface area contributed by atoms with E-state index in [4.69, 9.17) is 9.47 Å². The Kier molecular flexibility index (Phi) is 6.49. The molecule has 0 aliphatic heterocycles. The molecule has 7 heteroatoms. The van der Waals surface area contributed by atoms with E-state index in [9.17, 15) is 4.79 Å². The number of hydrogen-bond donors (Lipinski definition) is 1. The van der Waals surface area contributed by atoms with Gasteiger partial charge in [0.05, 0.1) is 13.5 Å². The van der Waals surface area contributed by atoms with Gasteiger partial charge in [0, 0.05) is 17.4 Å². The molecule has 0 saturated carbocycles. The molecule has 28 heavy (non-hydrogen) atoms. The predicted molar refractivity (Wildman–Crippen MR) is 111 cm³/mol. The van der Waals surface area contributed by atoms with Gasteiger partial charge in [-0.1, -0.05) is 23.9 Å². The molecule has 3 rings (SSSR count). The van der Waals surface area contributed by atoms with E-state index in [0.29, 0.717) is 10.9 Å². The number of ether oxygens (including phenoxy) is 2. The minimum absolute atomic E-state index is 0.196. The zero-order chi connectivity index (χ0) is 19.9. The summed E-state index contributed by atoms with van der Waals surface area (Å²) in [5.74, 6) is 1.65. The van der Waals surface area contributed by atoms with Crippen molar-refractivity contribution in [2.75, 3.05) is 18.7 Å². The minimum Gasteiger partial charge on any atom is -0.497 e. The van der Waals surface area contributed by atoms with Crippen LogP contribution in [0.25, 0.3) is 0 Å². The van der Waals surface area contributed by atoms with Crippen molar-refractivity contribution < 1.29 is 14.3 Å². The zero-order valence-electron chi connectivity index (χ0n) is 15.9. The molecule has 1 N–H and O–H groups in total. The fraction of sp³-hybridized carbons (Fsp3) is 0.190. The lowest BCUT2D eigenvalue weighted by molar-refractivity contribution is -0.133. The number of thioether (sulfide) groups is 1. The number of carbonyl (C=O) groups is 1. The largest absolute Gasteiger partial charge is 0.497 e. The second-order valence-corrected chi connectivity index (χ2v) is 6.80. The molecule has 0 saturated heterocycles. The van der Waals surface area contributed by atoms with Crippen LogP contribution in [0.1, 0.15) is 11.3 Å². The van der Waals surface area contributed by atoms with E-state index in [1.807, 2.05) is 55.6 Å². The first-order valence-corrected chi connectivity index (χ1v) is 9.88. The quantitative estimate of drug-likeness (QED) is 0.275. The summed E-state index contributed by atoms with van der Waals surface area (Å²) in [6.07, 6.45) is 2.13. The average molecular weight is 395 g/mol. The Hall–Kier alpha value is -3.06. The molecule has 2 aromatic carbocycles. The highest BCUT2D eigenvalue weighted by atomic mass is 32.2. The third-order valence-corrected chi connectivity index (χ3v) is 4.43. The minimum atomic E-state index is -0.318. The molecule has 0 amide bonds. The van der Waals surface area contributed by atoms with Crippen LogP contribution in [0.3, 0.4) is 0 Å². The van der Waals surface area contributed by atoms with Crippen molar-refractivity contribution in [3.63, 3.8) is 0 Å².